The Morgan fingerprint density at radius 1 is 1.25 bits per heavy atom. The lowest BCUT2D eigenvalue weighted by Gasteiger charge is -2.22. The average Bonchev–Trinajstić information content (AvgIpc) is 2.23. The van der Waals surface area contributed by atoms with E-state index in [9.17, 15) is 19.7 Å². The number of rotatable bonds is 3. The lowest BCUT2D eigenvalue weighted by molar-refractivity contribution is -0.539. The normalized spacial score (nSPS) is 27.4. The first-order chi connectivity index (χ1) is 7.63. The van der Waals surface area contributed by atoms with Crippen LogP contribution in [0, 0.1) is 10.1 Å². The van der Waals surface area contributed by atoms with Crippen LogP contribution in [-0.4, -0.2) is 22.5 Å². The minimum Gasteiger partial charge on any atom is -0.299 e. The first-order valence-electron chi connectivity index (χ1n) is 5.44. The molecule has 88 valence electrons. The Kier molecular flexibility index (Phi) is 4.34. The number of nitro groups is 1. The highest BCUT2D eigenvalue weighted by molar-refractivity contribution is 5.90. The minimum atomic E-state index is -1.67. The zero-order valence-electron chi connectivity index (χ0n) is 9.05. The van der Waals surface area contributed by atoms with Gasteiger partial charge in [0.2, 0.25) is 5.78 Å². The van der Waals surface area contributed by atoms with Crippen LogP contribution in [0.5, 0.6) is 0 Å². The zero-order chi connectivity index (χ0) is 12.0. The standard InChI is InChI=1S/C11H15NO4/c13-9-5-8-11(12(15)16)7-4-2-1-3-6-10(11)14/h5,8-9H,1-4,6-7H2/b8-5+/t11-/m0/s1. The lowest BCUT2D eigenvalue weighted by Crippen LogP contribution is -2.45. The molecule has 0 amide bonds. The van der Waals surface area contributed by atoms with Crippen molar-refractivity contribution >= 4 is 12.1 Å². The van der Waals surface area contributed by atoms with Crippen molar-refractivity contribution in [2.75, 3.05) is 0 Å². The van der Waals surface area contributed by atoms with Crippen LogP contribution in [0.4, 0.5) is 0 Å². The molecule has 5 heteroatoms. The van der Waals surface area contributed by atoms with Crippen LogP contribution >= 0.6 is 0 Å². The number of Topliss-reactive ketones (excluding diaryl/α,β-unsaturated/α-hetero) is 1. The molecule has 0 aromatic rings. The highest BCUT2D eigenvalue weighted by Gasteiger charge is 2.47. The Morgan fingerprint density at radius 2 is 1.94 bits per heavy atom. The fourth-order valence-electron chi connectivity index (χ4n) is 2.02. The molecular weight excluding hydrogens is 210 g/mol. The summed E-state index contributed by atoms with van der Waals surface area (Å²) in [6, 6.07) is 0. The maximum atomic E-state index is 11.8. The summed E-state index contributed by atoms with van der Waals surface area (Å²) in [7, 11) is 0. The van der Waals surface area contributed by atoms with Crippen molar-refractivity contribution in [2.45, 2.75) is 44.1 Å². The fourth-order valence-corrected chi connectivity index (χ4v) is 2.02. The summed E-state index contributed by atoms with van der Waals surface area (Å²) < 4.78 is 0. The fraction of sp³-hybridized carbons (Fsp3) is 0.636. The maximum Gasteiger partial charge on any atom is 0.297 e. The number of hydrogen-bond acceptors (Lipinski definition) is 4. The second kappa shape index (κ2) is 5.53. The SMILES string of the molecule is O=C/C=C/[C@@]1([N+](=O)[O-])CCCCCCC1=O. The molecular formula is C11H15NO4. The molecule has 0 aliphatic heterocycles. The van der Waals surface area contributed by atoms with Crippen molar-refractivity contribution in [3.05, 3.63) is 22.3 Å². The van der Waals surface area contributed by atoms with Crippen LogP contribution in [0.2, 0.25) is 0 Å². The summed E-state index contributed by atoms with van der Waals surface area (Å²) in [6.07, 6.45) is 6.29. The van der Waals surface area contributed by atoms with Gasteiger partial charge in [0.1, 0.15) is 6.29 Å². The van der Waals surface area contributed by atoms with Gasteiger partial charge >= 0.3 is 0 Å². The number of carbonyl (C=O) groups is 2. The van der Waals surface area contributed by atoms with Gasteiger partial charge in [0.15, 0.2) is 0 Å². The zero-order valence-corrected chi connectivity index (χ0v) is 9.05. The van der Waals surface area contributed by atoms with Crippen LogP contribution in [0.3, 0.4) is 0 Å². The molecule has 0 unspecified atom stereocenters. The van der Waals surface area contributed by atoms with Crippen LogP contribution in [0.1, 0.15) is 38.5 Å². The summed E-state index contributed by atoms with van der Waals surface area (Å²) in [6.45, 7) is 0. The largest absolute Gasteiger partial charge is 0.299 e. The van der Waals surface area contributed by atoms with E-state index in [1.54, 1.807) is 0 Å². The van der Waals surface area contributed by atoms with E-state index in [2.05, 4.69) is 0 Å². The molecule has 0 spiro atoms. The molecule has 0 radical (unpaired) electrons. The van der Waals surface area contributed by atoms with E-state index in [1.165, 1.54) is 0 Å². The number of allylic oxidation sites excluding steroid dienone is 1. The van der Waals surface area contributed by atoms with Crippen molar-refractivity contribution in [2.24, 2.45) is 0 Å². The molecule has 1 saturated carbocycles. The van der Waals surface area contributed by atoms with Gasteiger partial charge in [-0.25, -0.2) is 0 Å². The Labute approximate surface area is 93.7 Å². The lowest BCUT2D eigenvalue weighted by atomic mass is 9.83. The summed E-state index contributed by atoms with van der Waals surface area (Å²) in [5, 5.41) is 11.1. The van der Waals surface area contributed by atoms with Gasteiger partial charge in [-0.2, -0.15) is 0 Å². The second-order valence-electron chi connectivity index (χ2n) is 4.01. The molecule has 0 heterocycles. The van der Waals surface area contributed by atoms with Gasteiger partial charge in [-0.15, -0.1) is 0 Å². The van der Waals surface area contributed by atoms with Gasteiger partial charge in [-0.05, 0) is 18.9 Å². The number of carbonyl (C=O) groups excluding carboxylic acids is 2. The van der Waals surface area contributed by atoms with Gasteiger partial charge in [0, 0.05) is 23.8 Å². The van der Waals surface area contributed by atoms with Gasteiger partial charge in [-0.1, -0.05) is 12.8 Å². The second-order valence-corrected chi connectivity index (χ2v) is 4.01. The van der Waals surface area contributed by atoms with Crippen molar-refractivity contribution < 1.29 is 14.5 Å². The Balaban J connectivity index is 3.01. The first kappa shape index (κ1) is 12.5. The van der Waals surface area contributed by atoms with E-state index in [-0.39, 0.29) is 18.6 Å². The van der Waals surface area contributed by atoms with E-state index in [0.717, 1.165) is 25.0 Å². The summed E-state index contributed by atoms with van der Waals surface area (Å²) in [4.78, 5) is 32.6. The Bertz CT molecular complexity index is 324. The molecule has 5 nitrogen and oxygen atoms in total. The van der Waals surface area contributed by atoms with Crippen molar-refractivity contribution in [1.82, 2.24) is 0 Å². The third-order valence-electron chi connectivity index (χ3n) is 2.97. The Morgan fingerprint density at radius 3 is 2.56 bits per heavy atom. The monoisotopic (exact) mass is 225 g/mol. The van der Waals surface area contributed by atoms with Gasteiger partial charge in [0.25, 0.3) is 5.54 Å². The van der Waals surface area contributed by atoms with Crippen LogP contribution in [0.15, 0.2) is 12.2 Å². The third-order valence-corrected chi connectivity index (χ3v) is 2.97. The van der Waals surface area contributed by atoms with E-state index in [4.69, 9.17) is 0 Å². The van der Waals surface area contributed by atoms with E-state index >= 15 is 0 Å². The number of aldehydes is 1. The summed E-state index contributed by atoms with van der Waals surface area (Å²) in [5.41, 5.74) is -1.67. The maximum absolute atomic E-state index is 11.8. The molecule has 0 bridgehead atoms. The number of ketones is 1. The smallest absolute Gasteiger partial charge is 0.297 e. The molecule has 1 aliphatic carbocycles. The Hall–Kier alpha value is -1.52. The van der Waals surface area contributed by atoms with Crippen LogP contribution in [-0.2, 0) is 9.59 Å². The highest BCUT2D eigenvalue weighted by Crippen LogP contribution is 2.27. The van der Waals surface area contributed by atoms with Gasteiger partial charge in [-0.3, -0.25) is 19.7 Å². The topological polar surface area (TPSA) is 77.3 Å². The predicted octanol–water partition coefficient (Wildman–Crippen LogP) is 1.68. The number of nitrogens with zero attached hydrogens (tertiary/aromatic N) is 1. The third kappa shape index (κ3) is 2.53. The molecule has 1 aliphatic rings. The van der Waals surface area contributed by atoms with Crippen LogP contribution in [0.25, 0.3) is 0 Å². The van der Waals surface area contributed by atoms with E-state index < -0.39 is 10.5 Å². The molecule has 0 aromatic carbocycles. The molecule has 0 aromatic heterocycles. The molecule has 1 rings (SSSR count). The minimum absolute atomic E-state index is 0.198. The van der Waals surface area contributed by atoms with Crippen molar-refractivity contribution in [3.63, 3.8) is 0 Å². The quantitative estimate of drug-likeness (QED) is 0.317. The van der Waals surface area contributed by atoms with Crippen LogP contribution < -0.4 is 0 Å². The van der Waals surface area contributed by atoms with Gasteiger partial charge in [0.05, 0.1) is 0 Å². The van der Waals surface area contributed by atoms with Crippen molar-refractivity contribution in [3.8, 4) is 0 Å². The van der Waals surface area contributed by atoms with E-state index in [1.807, 2.05) is 0 Å². The first-order valence-corrected chi connectivity index (χ1v) is 5.44. The number of hydrogen-bond donors (Lipinski definition) is 0. The molecule has 16 heavy (non-hydrogen) atoms. The average molecular weight is 225 g/mol. The van der Waals surface area contributed by atoms with Gasteiger partial charge < -0.3 is 0 Å². The molecule has 1 fully saturated rings. The predicted molar refractivity (Wildman–Crippen MR) is 57.6 cm³/mol. The highest BCUT2D eigenvalue weighted by atomic mass is 16.6. The molecule has 0 N–H and O–H groups in total. The molecule has 0 saturated heterocycles. The van der Waals surface area contributed by atoms with E-state index in [0.29, 0.717) is 19.1 Å². The summed E-state index contributed by atoms with van der Waals surface area (Å²) >= 11 is 0. The van der Waals surface area contributed by atoms with Crippen molar-refractivity contribution in [1.29, 1.82) is 0 Å². The molecule has 1 atom stereocenters. The summed E-state index contributed by atoms with van der Waals surface area (Å²) in [5.74, 6) is -0.379.